The Morgan fingerprint density at radius 2 is 2.06 bits per heavy atom. The molecule has 2 aromatic rings. The van der Waals surface area contributed by atoms with Crippen molar-refractivity contribution in [2.24, 2.45) is 0 Å². The molecule has 0 bridgehead atoms. The molecule has 1 heterocycles. The Balaban J connectivity index is 2.35. The molecule has 0 aliphatic carbocycles. The second-order valence-electron chi connectivity index (χ2n) is 3.15. The van der Waals surface area contributed by atoms with E-state index in [1.54, 1.807) is 18.2 Å². The number of aromatic amines is 1. The van der Waals surface area contributed by atoms with Gasteiger partial charge in [-0.1, -0.05) is 23.2 Å². The van der Waals surface area contributed by atoms with Crippen LogP contribution in [0, 0.1) is 3.57 Å². The van der Waals surface area contributed by atoms with Crippen molar-refractivity contribution in [3.63, 3.8) is 0 Å². The zero-order chi connectivity index (χ0) is 12.4. The molecule has 0 aliphatic heterocycles. The van der Waals surface area contributed by atoms with Crippen LogP contribution in [-0.4, -0.2) is 9.97 Å². The summed E-state index contributed by atoms with van der Waals surface area (Å²) in [4.78, 5) is 17.9. The molecule has 2 N–H and O–H groups in total. The van der Waals surface area contributed by atoms with Gasteiger partial charge < -0.3 is 10.3 Å². The van der Waals surface area contributed by atoms with E-state index in [0.717, 1.165) is 5.69 Å². The summed E-state index contributed by atoms with van der Waals surface area (Å²) in [5.41, 5.74) is 0.526. The molecule has 17 heavy (non-hydrogen) atoms. The lowest BCUT2D eigenvalue weighted by molar-refractivity contribution is 1.10. The lowest BCUT2D eigenvalue weighted by atomic mass is 10.3. The van der Waals surface area contributed by atoms with Crippen molar-refractivity contribution in [1.82, 2.24) is 9.97 Å². The summed E-state index contributed by atoms with van der Waals surface area (Å²) in [6.45, 7) is 0. The van der Waals surface area contributed by atoms with Crippen LogP contribution < -0.4 is 10.9 Å². The minimum atomic E-state index is -0.192. The quantitative estimate of drug-likeness (QED) is 0.783. The summed E-state index contributed by atoms with van der Waals surface area (Å²) >= 11 is 13.6. The zero-order valence-corrected chi connectivity index (χ0v) is 12.0. The Labute approximate surface area is 121 Å². The Kier molecular flexibility index (Phi) is 3.90. The first-order valence-corrected chi connectivity index (χ1v) is 6.36. The Bertz CT molecular complexity index is 615. The minimum absolute atomic E-state index is 0.192. The Morgan fingerprint density at radius 3 is 2.76 bits per heavy atom. The predicted octanol–water partition coefficient (Wildman–Crippen LogP) is 3.42. The molecule has 0 saturated carbocycles. The number of nitrogens with zero attached hydrogens (tertiary/aromatic N) is 1. The molecule has 0 radical (unpaired) electrons. The number of aromatic nitrogens is 2. The number of nitrogens with one attached hydrogen (secondary N) is 2. The number of hydrogen-bond acceptors (Lipinski definition) is 3. The molecule has 88 valence electrons. The SMILES string of the molecule is O=c1[nH]cnc(Nc2ccc(Cl)c(Cl)c2)c1I. The maximum absolute atomic E-state index is 11.4. The molecule has 0 saturated heterocycles. The van der Waals surface area contributed by atoms with Crippen LogP contribution in [0.2, 0.25) is 10.0 Å². The fraction of sp³-hybridized carbons (Fsp3) is 0. The van der Waals surface area contributed by atoms with Crippen LogP contribution >= 0.6 is 45.8 Å². The van der Waals surface area contributed by atoms with Crippen molar-refractivity contribution in [3.05, 3.63) is 48.5 Å². The van der Waals surface area contributed by atoms with Crippen molar-refractivity contribution in [2.75, 3.05) is 5.32 Å². The highest BCUT2D eigenvalue weighted by atomic mass is 127. The van der Waals surface area contributed by atoms with Gasteiger partial charge in [-0.2, -0.15) is 0 Å². The maximum Gasteiger partial charge on any atom is 0.266 e. The van der Waals surface area contributed by atoms with Crippen molar-refractivity contribution in [1.29, 1.82) is 0 Å². The lowest BCUT2D eigenvalue weighted by Gasteiger charge is -2.07. The highest BCUT2D eigenvalue weighted by molar-refractivity contribution is 14.1. The van der Waals surface area contributed by atoms with Gasteiger partial charge in [0.15, 0.2) is 5.82 Å². The number of anilines is 2. The summed E-state index contributed by atoms with van der Waals surface area (Å²) in [7, 11) is 0. The topological polar surface area (TPSA) is 57.8 Å². The third kappa shape index (κ3) is 2.91. The van der Waals surface area contributed by atoms with Crippen molar-refractivity contribution < 1.29 is 0 Å². The van der Waals surface area contributed by atoms with Crippen LogP contribution in [0.1, 0.15) is 0 Å². The van der Waals surface area contributed by atoms with Gasteiger partial charge in [-0.15, -0.1) is 0 Å². The van der Waals surface area contributed by atoms with Gasteiger partial charge in [-0.3, -0.25) is 4.79 Å². The van der Waals surface area contributed by atoms with Crippen molar-refractivity contribution >= 4 is 57.3 Å². The first-order valence-electron chi connectivity index (χ1n) is 4.53. The van der Waals surface area contributed by atoms with Gasteiger partial charge in [0, 0.05) is 5.69 Å². The lowest BCUT2D eigenvalue weighted by Crippen LogP contribution is -2.12. The number of H-pyrrole nitrogens is 1. The van der Waals surface area contributed by atoms with Gasteiger partial charge in [-0.25, -0.2) is 4.98 Å². The number of halogens is 3. The number of rotatable bonds is 2. The second kappa shape index (κ2) is 5.24. The smallest absolute Gasteiger partial charge is 0.266 e. The average Bonchev–Trinajstić information content (AvgIpc) is 2.30. The molecule has 7 heteroatoms. The van der Waals surface area contributed by atoms with E-state index in [2.05, 4.69) is 15.3 Å². The third-order valence-corrected chi connectivity index (χ3v) is 3.72. The summed E-state index contributed by atoms with van der Waals surface area (Å²) in [5, 5.41) is 3.92. The van der Waals surface area contributed by atoms with E-state index in [1.807, 2.05) is 22.6 Å². The van der Waals surface area contributed by atoms with E-state index < -0.39 is 0 Å². The summed E-state index contributed by atoms with van der Waals surface area (Å²) < 4.78 is 0.483. The number of benzene rings is 1. The fourth-order valence-corrected chi connectivity index (χ4v) is 1.91. The zero-order valence-electron chi connectivity index (χ0n) is 8.30. The fourth-order valence-electron chi connectivity index (χ4n) is 1.18. The van der Waals surface area contributed by atoms with Gasteiger partial charge in [-0.05, 0) is 40.8 Å². The van der Waals surface area contributed by atoms with Crippen LogP contribution in [0.5, 0.6) is 0 Å². The molecular formula is C10H6Cl2IN3O. The molecule has 4 nitrogen and oxygen atoms in total. The molecule has 0 amide bonds. The van der Waals surface area contributed by atoms with Crippen LogP contribution in [0.25, 0.3) is 0 Å². The van der Waals surface area contributed by atoms with E-state index in [4.69, 9.17) is 23.2 Å². The molecular weight excluding hydrogens is 376 g/mol. The summed E-state index contributed by atoms with van der Waals surface area (Å²) in [5.74, 6) is 0.479. The maximum atomic E-state index is 11.4. The van der Waals surface area contributed by atoms with E-state index >= 15 is 0 Å². The largest absolute Gasteiger partial charge is 0.339 e. The minimum Gasteiger partial charge on any atom is -0.339 e. The predicted molar refractivity (Wildman–Crippen MR) is 77.3 cm³/mol. The molecule has 0 unspecified atom stereocenters. The van der Waals surface area contributed by atoms with Crippen LogP contribution in [0.3, 0.4) is 0 Å². The van der Waals surface area contributed by atoms with E-state index in [9.17, 15) is 4.79 Å². The molecule has 0 aliphatic rings. The van der Waals surface area contributed by atoms with Crippen LogP contribution in [0.15, 0.2) is 29.3 Å². The van der Waals surface area contributed by atoms with E-state index in [0.29, 0.717) is 19.4 Å². The second-order valence-corrected chi connectivity index (χ2v) is 5.04. The third-order valence-electron chi connectivity index (χ3n) is 1.98. The highest BCUT2D eigenvalue weighted by Crippen LogP contribution is 2.26. The van der Waals surface area contributed by atoms with Crippen LogP contribution in [-0.2, 0) is 0 Å². The molecule has 1 aromatic carbocycles. The first kappa shape index (κ1) is 12.7. The summed E-state index contributed by atoms with van der Waals surface area (Å²) in [6.07, 6.45) is 1.34. The normalized spacial score (nSPS) is 10.3. The standard InChI is InChI=1S/C10H6Cl2IN3O/c11-6-2-1-5(3-7(6)12)16-9-8(13)10(17)15-4-14-9/h1-4H,(H2,14,15,16,17). The molecule has 0 atom stereocenters. The Morgan fingerprint density at radius 1 is 1.29 bits per heavy atom. The molecule has 1 aromatic heterocycles. The molecule has 0 fully saturated rings. The van der Waals surface area contributed by atoms with Crippen molar-refractivity contribution in [2.45, 2.75) is 0 Å². The van der Waals surface area contributed by atoms with Gasteiger partial charge in [0.05, 0.1) is 16.4 Å². The average molecular weight is 382 g/mol. The van der Waals surface area contributed by atoms with E-state index in [1.165, 1.54) is 6.33 Å². The number of hydrogen-bond donors (Lipinski definition) is 2. The Hall–Kier alpha value is -0.790. The highest BCUT2D eigenvalue weighted by Gasteiger charge is 2.06. The first-order chi connectivity index (χ1) is 8.08. The monoisotopic (exact) mass is 381 g/mol. The van der Waals surface area contributed by atoms with Crippen molar-refractivity contribution in [3.8, 4) is 0 Å². The van der Waals surface area contributed by atoms with E-state index in [-0.39, 0.29) is 5.56 Å². The van der Waals surface area contributed by atoms with Gasteiger partial charge in [0.25, 0.3) is 5.56 Å². The molecule has 0 spiro atoms. The van der Waals surface area contributed by atoms with Crippen LogP contribution in [0.4, 0.5) is 11.5 Å². The summed E-state index contributed by atoms with van der Waals surface area (Å²) in [6, 6.07) is 5.10. The molecule has 2 rings (SSSR count). The van der Waals surface area contributed by atoms with Gasteiger partial charge >= 0.3 is 0 Å². The van der Waals surface area contributed by atoms with Gasteiger partial charge in [0.2, 0.25) is 0 Å². The van der Waals surface area contributed by atoms with Gasteiger partial charge in [0.1, 0.15) is 3.57 Å².